The molecule has 0 unspecified atom stereocenters. The topological polar surface area (TPSA) is 34.2 Å². The van der Waals surface area contributed by atoms with Gasteiger partial charge in [0.05, 0.1) is 5.69 Å². The van der Waals surface area contributed by atoms with Crippen molar-refractivity contribution in [2.45, 2.75) is 26.0 Å². The Hall–Kier alpha value is -1.61. The van der Waals surface area contributed by atoms with Crippen LogP contribution < -0.4 is 10.1 Å². The van der Waals surface area contributed by atoms with Gasteiger partial charge in [-0.3, -0.25) is 4.98 Å². The SMILES string of the molecule is CC[C@H]1CNCc2ncc3ccccc3c2O1. The summed E-state index contributed by atoms with van der Waals surface area (Å²) in [6.07, 6.45) is 3.17. The number of hydrogen-bond acceptors (Lipinski definition) is 3. The minimum absolute atomic E-state index is 0.240. The van der Waals surface area contributed by atoms with Crippen molar-refractivity contribution in [3.8, 4) is 5.75 Å². The molecule has 0 bridgehead atoms. The molecule has 3 nitrogen and oxygen atoms in total. The van der Waals surface area contributed by atoms with Gasteiger partial charge in [0.15, 0.2) is 0 Å². The molecule has 0 saturated carbocycles. The fourth-order valence-electron chi connectivity index (χ4n) is 2.22. The Labute approximate surface area is 101 Å². The lowest BCUT2D eigenvalue weighted by Gasteiger charge is -2.16. The van der Waals surface area contributed by atoms with Gasteiger partial charge in [-0.1, -0.05) is 31.2 Å². The molecule has 1 aliphatic heterocycles. The van der Waals surface area contributed by atoms with E-state index in [2.05, 4.69) is 29.4 Å². The van der Waals surface area contributed by atoms with Gasteiger partial charge in [0.2, 0.25) is 0 Å². The van der Waals surface area contributed by atoms with Crippen LogP contribution >= 0.6 is 0 Å². The summed E-state index contributed by atoms with van der Waals surface area (Å²) in [5.74, 6) is 0.958. The maximum Gasteiger partial charge on any atom is 0.150 e. The van der Waals surface area contributed by atoms with Crippen molar-refractivity contribution in [1.29, 1.82) is 0 Å². The fourth-order valence-corrected chi connectivity index (χ4v) is 2.22. The molecular formula is C14H16N2O. The van der Waals surface area contributed by atoms with E-state index in [-0.39, 0.29) is 6.10 Å². The molecule has 1 aliphatic rings. The van der Waals surface area contributed by atoms with Gasteiger partial charge in [0.1, 0.15) is 11.9 Å². The first-order valence-electron chi connectivity index (χ1n) is 6.12. The molecule has 1 atom stereocenters. The number of rotatable bonds is 1. The highest BCUT2D eigenvalue weighted by molar-refractivity contribution is 5.88. The van der Waals surface area contributed by atoms with Gasteiger partial charge >= 0.3 is 0 Å². The van der Waals surface area contributed by atoms with Crippen molar-refractivity contribution in [3.63, 3.8) is 0 Å². The van der Waals surface area contributed by atoms with Crippen LogP contribution in [0, 0.1) is 0 Å². The number of nitrogens with one attached hydrogen (secondary N) is 1. The second kappa shape index (κ2) is 4.34. The first kappa shape index (κ1) is 10.5. The van der Waals surface area contributed by atoms with Crippen molar-refractivity contribution in [2.75, 3.05) is 6.54 Å². The van der Waals surface area contributed by atoms with E-state index in [0.29, 0.717) is 0 Å². The largest absolute Gasteiger partial charge is 0.486 e. The molecule has 0 fully saturated rings. The first-order chi connectivity index (χ1) is 8.38. The Morgan fingerprint density at radius 2 is 2.29 bits per heavy atom. The number of pyridine rings is 1. The smallest absolute Gasteiger partial charge is 0.150 e. The third-order valence-corrected chi connectivity index (χ3v) is 3.23. The zero-order valence-corrected chi connectivity index (χ0v) is 9.94. The second-order valence-electron chi connectivity index (χ2n) is 4.40. The van der Waals surface area contributed by atoms with E-state index in [4.69, 9.17) is 4.74 Å². The van der Waals surface area contributed by atoms with Gasteiger partial charge in [0.25, 0.3) is 0 Å². The lowest BCUT2D eigenvalue weighted by Crippen LogP contribution is -2.27. The second-order valence-corrected chi connectivity index (χ2v) is 4.40. The standard InChI is InChI=1S/C14H16N2O/c1-2-11-8-15-9-13-14(17-11)12-6-4-3-5-10(12)7-16-13/h3-7,11,15H,2,8-9H2,1H3/t11-/m0/s1. The summed E-state index contributed by atoms with van der Waals surface area (Å²) >= 11 is 0. The molecular weight excluding hydrogens is 212 g/mol. The van der Waals surface area contributed by atoms with Gasteiger partial charge in [-0.15, -0.1) is 0 Å². The molecule has 2 aromatic rings. The normalized spacial score (nSPS) is 19.5. The van der Waals surface area contributed by atoms with Crippen molar-refractivity contribution >= 4 is 10.8 Å². The van der Waals surface area contributed by atoms with E-state index in [0.717, 1.165) is 36.3 Å². The van der Waals surface area contributed by atoms with Gasteiger partial charge in [-0.05, 0) is 6.42 Å². The minimum atomic E-state index is 0.240. The van der Waals surface area contributed by atoms with Crippen LogP contribution in [0.25, 0.3) is 10.8 Å². The van der Waals surface area contributed by atoms with Gasteiger partial charge in [-0.25, -0.2) is 0 Å². The highest BCUT2D eigenvalue weighted by atomic mass is 16.5. The zero-order valence-electron chi connectivity index (χ0n) is 9.94. The van der Waals surface area contributed by atoms with Crippen LogP contribution in [-0.2, 0) is 6.54 Å². The van der Waals surface area contributed by atoms with Crippen LogP contribution in [0.5, 0.6) is 5.75 Å². The molecule has 3 heteroatoms. The number of benzene rings is 1. The minimum Gasteiger partial charge on any atom is -0.486 e. The molecule has 1 aromatic carbocycles. The molecule has 17 heavy (non-hydrogen) atoms. The Balaban J connectivity index is 2.16. The molecule has 1 N–H and O–H groups in total. The Bertz CT molecular complexity index is 539. The van der Waals surface area contributed by atoms with Crippen LogP contribution in [-0.4, -0.2) is 17.6 Å². The van der Waals surface area contributed by atoms with E-state index in [9.17, 15) is 0 Å². The Kier molecular flexibility index (Phi) is 2.69. The summed E-state index contributed by atoms with van der Waals surface area (Å²) in [5.41, 5.74) is 1.01. The summed E-state index contributed by atoms with van der Waals surface area (Å²) in [6, 6.07) is 8.26. The summed E-state index contributed by atoms with van der Waals surface area (Å²) < 4.78 is 6.09. The fraction of sp³-hybridized carbons (Fsp3) is 0.357. The molecule has 0 aliphatic carbocycles. The van der Waals surface area contributed by atoms with Crippen molar-refractivity contribution < 1.29 is 4.74 Å². The van der Waals surface area contributed by atoms with Crippen molar-refractivity contribution in [1.82, 2.24) is 10.3 Å². The summed E-state index contributed by atoms with van der Waals surface area (Å²) in [7, 11) is 0. The maximum atomic E-state index is 6.09. The molecule has 0 radical (unpaired) electrons. The maximum absolute atomic E-state index is 6.09. The molecule has 0 saturated heterocycles. The van der Waals surface area contributed by atoms with E-state index in [1.54, 1.807) is 0 Å². The summed E-state index contributed by atoms with van der Waals surface area (Å²) in [6.45, 7) is 3.83. The summed E-state index contributed by atoms with van der Waals surface area (Å²) in [4.78, 5) is 4.49. The third kappa shape index (κ3) is 1.87. The van der Waals surface area contributed by atoms with Crippen molar-refractivity contribution in [2.24, 2.45) is 0 Å². The lowest BCUT2D eigenvalue weighted by molar-refractivity contribution is 0.204. The van der Waals surface area contributed by atoms with Crippen LogP contribution in [0.4, 0.5) is 0 Å². The average molecular weight is 228 g/mol. The van der Waals surface area contributed by atoms with Crippen LogP contribution in [0.2, 0.25) is 0 Å². The molecule has 88 valence electrons. The molecule has 0 spiro atoms. The molecule has 0 amide bonds. The number of nitrogens with zero attached hydrogens (tertiary/aromatic N) is 1. The predicted octanol–water partition coefficient (Wildman–Crippen LogP) is 2.50. The van der Waals surface area contributed by atoms with Gasteiger partial charge in [-0.2, -0.15) is 0 Å². The highest BCUT2D eigenvalue weighted by Crippen LogP contribution is 2.30. The number of aromatic nitrogens is 1. The van der Waals surface area contributed by atoms with E-state index in [1.807, 2.05) is 18.3 Å². The van der Waals surface area contributed by atoms with Crippen LogP contribution in [0.15, 0.2) is 30.5 Å². The number of hydrogen-bond donors (Lipinski definition) is 1. The summed E-state index contributed by atoms with van der Waals surface area (Å²) in [5, 5.41) is 5.69. The number of ether oxygens (including phenoxy) is 1. The van der Waals surface area contributed by atoms with E-state index < -0.39 is 0 Å². The van der Waals surface area contributed by atoms with E-state index in [1.165, 1.54) is 5.39 Å². The average Bonchev–Trinajstić information content (AvgIpc) is 2.60. The number of fused-ring (bicyclic) bond motifs is 3. The molecule has 3 rings (SSSR count). The van der Waals surface area contributed by atoms with Crippen molar-refractivity contribution in [3.05, 3.63) is 36.2 Å². The third-order valence-electron chi connectivity index (χ3n) is 3.23. The molecule has 1 aromatic heterocycles. The Morgan fingerprint density at radius 3 is 3.18 bits per heavy atom. The van der Waals surface area contributed by atoms with Gasteiger partial charge in [0, 0.05) is 30.1 Å². The van der Waals surface area contributed by atoms with Crippen LogP contribution in [0.1, 0.15) is 19.0 Å². The molecule has 2 heterocycles. The predicted molar refractivity (Wildman–Crippen MR) is 68.2 cm³/mol. The Morgan fingerprint density at radius 1 is 1.41 bits per heavy atom. The first-order valence-corrected chi connectivity index (χ1v) is 6.12. The quantitative estimate of drug-likeness (QED) is 0.814. The van der Waals surface area contributed by atoms with E-state index >= 15 is 0 Å². The van der Waals surface area contributed by atoms with Crippen LogP contribution in [0.3, 0.4) is 0 Å². The lowest BCUT2D eigenvalue weighted by atomic mass is 10.1. The van der Waals surface area contributed by atoms with Gasteiger partial charge < -0.3 is 10.1 Å². The monoisotopic (exact) mass is 228 g/mol. The highest BCUT2D eigenvalue weighted by Gasteiger charge is 2.18. The zero-order chi connectivity index (χ0) is 11.7.